The summed E-state index contributed by atoms with van der Waals surface area (Å²) in [5.74, 6) is -6.80. The Hall–Kier alpha value is -2.10. The van der Waals surface area contributed by atoms with Crippen LogP contribution in [0.5, 0.6) is 0 Å². The summed E-state index contributed by atoms with van der Waals surface area (Å²) >= 11 is 5.70. The number of hydrogen-bond acceptors (Lipinski definition) is 3. The zero-order valence-corrected chi connectivity index (χ0v) is 13.5. The minimum atomic E-state index is -5.77. The quantitative estimate of drug-likeness (QED) is 0.621. The number of anilines is 1. The van der Waals surface area contributed by atoms with Crippen molar-refractivity contribution < 1.29 is 40.7 Å². The van der Waals surface area contributed by atoms with E-state index >= 15 is 0 Å². The van der Waals surface area contributed by atoms with Gasteiger partial charge in [-0.05, 0) is 24.3 Å². The molecule has 1 aromatic carbocycles. The number of halogens is 7. The summed E-state index contributed by atoms with van der Waals surface area (Å²) < 4.78 is 67.0. The van der Waals surface area contributed by atoms with Crippen molar-refractivity contribution >= 4 is 34.8 Å². The molecule has 1 amide bonds. The second-order valence-corrected chi connectivity index (χ2v) is 5.24. The van der Waals surface area contributed by atoms with Crippen molar-refractivity contribution in [3.8, 4) is 0 Å². The first-order valence-electron chi connectivity index (χ1n) is 6.45. The van der Waals surface area contributed by atoms with Crippen LogP contribution in [0, 0.1) is 5.92 Å². The lowest BCUT2D eigenvalue weighted by Crippen LogP contribution is -2.39. The first-order chi connectivity index (χ1) is 11.2. The van der Waals surface area contributed by atoms with E-state index in [-0.39, 0.29) is 11.8 Å². The Bertz CT molecular complexity index is 599. The molecule has 0 aliphatic rings. The van der Waals surface area contributed by atoms with Gasteiger partial charge in [-0.2, -0.15) is 26.3 Å². The first kappa shape index (κ1) is 22.9. The highest BCUT2D eigenvalue weighted by atomic mass is 35.5. The fourth-order valence-corrected chi connectivity index (χ4v) is 1.20. The van der Waals surface area contributed by atoms with E-state index in [2.05, 4.69) is 5.32 Å². The van der Waals surface area contributed by atoms with Gasteiger partial charge >= 0.3 is 23.9 Å². The van der Waals surface area contributed by atoms with Gasteiger partial charge in [-0.1, -0.05) is 25.4 Å². The van der Waals surface area contributed by atoms with E-state index in [1.54, 1.807) is 24.3 Å². The van der Waals surface area contributed by atoms with E-state index < -0.39 is 23.9 Å². The third kappa shape index (κ3) is 8.52. The number of Topliss-reactive ketones (excluding diaryl/α,β-unsaturated/α-hetero) is 2. The average molecular weight is 392 g/mol. The van der Waals surface area contributed by atoms with Crippen LogP contribution >= 0.6 is 11.6 Å². The molecule has 0 aliphatic carbocycles. The standard InChI is InChI=1S/C10H12ClNO.C4F6O2/c1-7(2)10(13)12-9-5-3-8(11)4-6-9;5-3(6,7)1(11)2(12)4(8,9)10/h3-7H,1-2H3,(H,12,13);. The van der Waals surface area contributed by atoms with Crippen LogP contribution in [-0.4, -0.2) is 29.8 Å². The summed E-state index contributed by atoms with van der Waals surface area (Å²) in [7, 11) is 0. The Balaban J connectivity index is 0.000000463. The summed E-state index contributed by atoms with van der Waals surface area (Å²) in [4.78, 5) is 30.5. The van der Waals surface area contributed by atoms with Gasteiger partial charge in [0.1, 0.15) is 0 Å². The minimum Gasteiger partial charge on any atom is -0.326 e. The zero-order chi connectivity index (χ0) is 20.0. The highest BCUT2D eigenvalue weighted by Gasteiger charge is 2.54. The Morgan fingerprint density at radius 3 is 1.52 bits per heavy atom. The molecule has 0 unspecified atom stereocenters. The van der Waals surface area contributed by atoms with E-state index in [4.69, 9.17) is 11.6 Å². The largest absolute Gasteiger partial charge is 0.458 e. The lowest BCUT2D eigenvalue weighted by molar-refractivity contribution is -0.193. The van der Waals surface area contributed by atoms with Crippen molar-refractivity contribution in [3.63, 3.8) is 0 Å². The maximum absolute atomic E-state index is 11.3. The normalized spacial score (nSPS) is 11.4. The summed E-state index contributed by atoms with van der Waals surface area (Å²) in [6, 6.07) is 7.06. The van der Waals surface area contributed by atoms with E-state index in [0.29, 0.717) is 5.02 Å². The second kappa shape index (κ2) is 8.84. The van der Waals surface area contributed by atoms with Gasteiger partial charge in [-0.15, -0.1) is 0 Å². The SMILES string of the molecule is CC(C)C(=O)Nc1ccc(Cl)cc1.O=C(C(=O)C(F)(F)F)C(F)(F)F. The molecule has 0 heterocycles. The molecule has 25 heavy (non-hydrogen) atoms. The van der Waals surface area contributed by atoms with Crippen LogP contribution in [0.4, 0.5) is 32.0 Å². The number of nitrogens with one attached hydrogen (secondary N) is 1. The van der Waals surface area contributed by atoms with E-state index in [1.807, 2.05) is 13.8 Å². The summed E-state index contributed by atoms with van der Waals surface area (Å²) in [6.07, 6.45) is -11.5. The fraction of sp³-hybridized carbons (Fsp3) is 0.357. The van der Waals surface area contributed by atoms with Crippen LogP contribution in [0.15, 0.2) is 24.3 Å². The van der Waals surface area contributed by atoms with Gasteiger partial charge in [0.25, 0.3) is 0 Å². The zero-order valence-electron chi connectivity index (χ0n) is 12.8. The van der Waals surface area contributed by atoms with E-state index in [1.165, 1.54) is 0 Å². The molecule has 140 valence electrons. The third-order valence-corrected chi connectivity index (χ3v) is 2.61. The lowest BCUT2D eigenvalue weighted by Gasteiger charge is -2.06. The van der Waals surface area contributed by atoms with Crippen molar-refractivity contribution in [1.29, 1.82) is 0 Å². The maximum Gasteiger partial charge on any atom is 0.458 e. The molecule has 0 fully saturated rings. The Morgan fingerprint density at radius 1 is 0.880 bits per heavy atom. The van der Waals surface area contributed by atoms with Crippen molar-refractivity contribution in [3.05, 3.63) is 29.3 Å². The highest BCUT2D eigenvalue weighted by molar-refractivity contribution is 6.41. The van der Waals surface area contributed by atoms with E-state index in [0.717, 1.165) is 5.69 Å². The van der Waals surface area contributed by atoms with Gasteiger partial charge in [0.15, 0.2) is 0 Å². The molecule has 0 aliphatic heterocycles. The topological polar surface area (TPSA) is 63.2 Å². The molecule has 1 N–H and O–H groups in total. The Labute approximate surface area is 143 Å². The minimum absolute atomic E-state index is 0.00400. The van der Waals surface area contributed by atoms with Gasteiger partial charge in [0.2, 0.25) is 5.91 Å². The number of rotatable bonds is 3. The van der Waals surface area contributed by atoms with Gasteiger partial charge < -0.3 is 5.32 Å². The predicted molar refractivity (Wildman–Crippen MR) is 77.0 cm³/mol. The number of alkyl halides is 6. The highest BCUT2D eigenvalue weighted by Crippen LogP contribution is 2.24. The number of ketones is 2. The molecule has 0 bridgehead atoms. The summed E-state index contributed by atoms with van der Waals surface area (Å²) in [5, 5.41) is 3.44. The molecule has 0 radical (unpaired) electrons. The van der Waals surface area contributed by atoms with E-state index in [9.17, 15) is 40.7 Å². The molecule has 1 rings (SSSR count). The number of hydrogen-bond donors (Lipinski definition) is 1. The smallest absolute Gasteiger partial charge is 0.326 e. The number of benzene rings is 1. The molecule has 4 nitrogen and oxygen atoms in total. The second-order valence-electron chi connectivity index (χ2n) is 4.80. The Kier molecular flexibility index (Phi) is 8.10. The molecule has 0 aromatic heterocycles. The molecule has 0 spiro atoms. The molecule has 0 atom stereocenters. The number of carbonyl (C=O) groups is 3. The third-order valence-electron chi connectivity index (χ3n) is 2.36. The molecule has 0 saturated heterocycles. The van der Waals surface area contributed by atoms with Crippen LogP contribution in [0.2, 0.25) is 5.02 Å². The lowest BCUT2D eigenvalue weighted by atomic mass is 10.2. The van der Waals surface area contributed by atoms with Crippen molar-refractivity contribution in [2.45, 2.75) is 26.2 Å². The average Bonchev–Trinajstić information content (AvgIpc) is 2.46. The molecular weight excluding hydrogens is 380 g/mol. The first-order valence-corrected chi connectivity index (χ1v) is 6.83. The van der Waals surface area contributed by atoms with Crippen molar-refractivity contribution in [1.82, 2.24) is 0 Å². The molecule has 11 heteroatoms. The maximum atomic E-state index is 11.3. The summed E-state index contributed by atoms with van der Waals surface area (Å²) in [5.41, 5.74) is 0.781. The molecule has 1 aromatic rings. The van der Waals surface area contributed by atoms with Gasteiger partial charge in [-0.3, -0.25) is 14.4 Å². The van der Waals surface area contributed by atoms with Crippen LogP contribution in [-0.2, 0) is 14.4 Å². The van der Waals surface area contributed by atoms with Crippen molar-refractivity contribution in [2.75, 3.05) is 5.32 Å². The van der Waals surface area contributed by atoms with Crippen LogP contribution < -0.4 is 5.32 Å². The fourth-order valence-electron chi connectivity index (χ4n) is 1.08. The monoisotopic (exact) mass is 391 g/mol. The van der Waals surface area contributed by atoms with Crippen molar-refractivity contribution in [2.24, 2.45) is 5.92 Å². The van der Waals surface area contributed by atoms with Gasteiger partial charge in [0.05, 0.1) is 0 Å². The van der Waals surface area contributed by atoms with Gasteiger partial charge in [-0.25, -0.2) is 0 Å². The van der Waals surface area contributed by atoms with Crippen LogP contribution in [0.1, 0.15) is 13.8 Å². The molecular formula is C14H12ClF6NO3. The number of carbonyl (C=O) groups excluding carboxylic acids is 3. The predicted octanol–water partition coefficient (Wildman–Crippen LogP) is 4.18. The Morgan fingerprint density at radius 2 is 1.24 bits per heavy atom. The summed E-state index contributed by atoms with van der Waals surface area (Å²) in [6.45, 7) is 3.70. The van der Waals surface area contributed by atoms with Crippen LogP contribution in [0.3, 0.4) is 0 Å². The van der Waals surface area contributed by atoms with Gasteiger partial charge in [0, 0.05) is 16.6 Å². The molecule has 0 saturated carbocycles. The van der Waals surface area contributed by atoms with Crippen LogP contribution in [0.25, 0.3) is 0 Å². The number of amides is 1.